The fourth-order valence-electron chi connectivity index (χ4n) is 3.25. The molecule has 3 aromatic rings. The Bertz CT molecular complexity index is 1220. The van der Waals surface area contributed by atoms with Crippen LogP contribution in [0.15, 0.2) is 35.3 Å². The molecule has 30 heavy (non-hydrogen) atoms. The molecule has 0 radical (unpaired) electrons. The number of halogens is 4. The van der Waals surface area contributed by atoms with Crippen LogP contribution in [0.4, 0.5) is 13.2 Å². The number of rotatable bonds is 4. The number of aliphatic hydroxyl groups excluding tert-OH is 1. The van der Waals surface area contributed by atoms with Crippen molar-refractivity contribution in [3.8, 4) is 11.3 Å². The highest BCUT2D eigenvalue weighted by molar-refractivity contribution is 6.31. The number of alkyl halides is 3. The van der Waals surface area contributed by atoms with E-state index in [1.165, 1.54) is 30.5 Å². The van der Waals surface area contributed by atoms with E-state index in [9.17, 15) is 27.9 Å². The van der Waals surface area contributed by atoms with Crippen LogP contribution >= 0.6 is 11.6 Å². The zero-order valence-corrected chi connectivity index (χ0v) is 16.6. The first-order valence-electron chi connectivity index (χ1n) is 8.71. The molecule has 1 aromatic carbocycles. The number of hydrogen-bond acceptors (Lipinski definition) is 4. The largest absolute Gasteiger partial charge is 0.400 e. The molecule has 0 spiro atoms. The summed E-state index contributed by atoms with van der Waals surface area (Å²) in [5.74, 6) is -0.863. The molecule has 0 saturated heterocycles. The van der Waals surface area contributed by atoms with Gasteiger partial charge in [0, 0.05) is 22.8 Å². The zero-order valence-electron chi connectivity index (χ0n) is 15.9. The average Bonchev–Trinajstić information content (AvgIpc) is 2.67. The molecular weight excluding hydrogens is 423 g/mol. The Morgan fingerprint density at radius 2 is 1.97 bits per heavy atom. The number of pyridine rings is 2. The maximum absolute atomic E-state index is 13.5. The summed E-state index contributed by atoms with van der Waals surface area (Å²) >= 11 is 6.17. The second-order valence-electron chi connectivity index (χ2n) is 7.13. The van der Waals surface area contributed by atoms with Crippen molar-refractivity contribution in [3.05, 3.63) is 62.5 Å². The zero-order chi connectivity index (χ0) is 22.4. The molecule has 0 saturated carbocycles. The minimum absolute atomic E-state index is 0.0130. The Hall–Kier alpha value is -2.91. The third kappa shape index (κ3) is 3.44. The Morgan fingerprint density at radius 3 is 2.53 bits per heavy atom. The van der Waals surface area contributed by atoms with Crippen LogP contribution < -0.4 is 11.2 Å². The van der Waals surface area contributed by atoms with E-state index in [0.29, 0.717) is 11.1 Å². The molecule has 1 amide bonds. The normalized spacial score (nSPS) is 14.0. The van der Waals surface area contributed by atoms with E-state index >= 15 is 0 Å². The van der Waals surface area contributed by atoms with Gasteiger partial charge in [0.05, 0.1) is 23.2 Å². The van der Waals surface area contributed by atoms with Gasteiger partial charge >= 0.3 is 6.18 Å². The van der Waals surface area contributed by atoms with E-state index in [1.54, 1.807) is 6.92 Å². The molecule has 2 heterocycles. The van der Waals surface area contributed by atoms with Crippen LogP contribution in [0.25, 0.3) is 22.2 Å². The van der Waals surface area contributed by atoms with Crippen LogP contribution in [0, 0.1) is 6.92 Å². The summed E-state index contributed by atoms with van der Waals surface area (Å²) in [6.07, 6.45) is -3.42. The summed E-state index contributed by atoms with van der Waals surface area (Å²) in [5, 5.41) is 9.23. The van der Waals surface area contributed by atoms with Crippen LogP contribution in [0.2, 0.25) is 5.02 Å². The number of fused-ring (bicyclic) bond motifs is 1. The number of hydrogen-bond donors (Lipinski definition) is 3. The summed E-state index contributed by atoms with van der Waals surface area (Å²) < 4.78 is 40.6. The Kier molecular flexibility index (Phi) is 5.38. The first-order chi connectivity index (χ1) is 13.9. The number of primary amides is 1. The van der Waals surface area contributed by atoms with Gasteiger partial charge < -0.3 is 15.8 Å². The third-order valence-corrected chi connectivity index (χ3v) is 5.43. The van der Waals surface area contributed by atoms with Gasteiger partial charge in [-0.2, -0.15) is 13.2 Å². The van der Waals surface area contributed by atoms with E-state index in [2.05, 4.69) is 9.97 Å². The molecule has 158 valence electrons. The Labute approximate surface area is 173 Å². The maximum atomic E-state index is 13.5. The number of carbonyl (C=O) groups excluding carboxylic acids is 1. The summed E-state index contributed by atoms with van der Waals surface area (Å²) in [5.41, 5.74) is 3.09. The molecule has 1 atom stereocenters. The monoisotopic (exact) mass is 439 g/mol. The molecule has 0 bridgehead atoms. The van der Waals surface area contributed by atoms with Crippen molar-refractivity contribution >= 4 is 28.4 Å². The highest BCUT2D eigenvalue weighted by Crippen LogP contribution is 2.44. The summed E-state index contributed by atoms with van der Waals surface area (Å²) in [6, 6.07) is 5.22. The number of nitrogens with two attached hydrogens (primary N) is 1. The number of carbonyl (C=O) groups is 1. The highest BCUT2D eigenvalue weighted by Gasteiger charge is 2.53. The molecule has 3 rings (SSSR count). The van der Waals surface area contributed by atoms with Crippen molar-refractivity contribution in [2.75, 3.05) is 6.61 Å². The number of aliphatic hydroxyl groups is 1. The lowest BCUT2D eigenvalue weighted by Crippen LogP contribution is -2.43. The highest BCUT2D eigenvalue weighted by atomic mass is 35.5. The number of benzene rings is 1. The second kappa shape index (κ2) is 7.41. The lowest BCUT2D eigenvalue weighted by Gasteiger charge is -2.32. The van der Waals surface area contributed by atoms with E-state index < -0.39 is 29.5 Å². The predicted molar refractivity (Wildman–Crippen MR) is 107 cm³/mol. The lowest BCUT2D eigenvalue weighted by atomic mass is 9.81. The van der Waals surface area contributed by atoms with Crippen LogP contribution in [0.1, 0.15) is 28.5 Å². The lowest BCUT2D eigenvalue weighted by molar-refractivity contribution is -0.195. The standard InChI is InChI=1S/C20H17ClF3N3O3/c1-9-5-11(19(2,8-28)20(22,23)24)12(21)6-10(9)14-7-15(29)16-13(27-14)3-4-26-17(16)18(25)30/h3-7,28H,8H2,1-2H3,(H2,25,30)(H,27,29). The quantitative estimate of drug-likeness (QED) is 0.578. The van der Waals surface area contributed by atoms with E-state index in [4.69, 9.17) is 17.3 Å². The first-order valence-corrected chi connectivity index (χ1v) is 9.09. The Morgan fingerprint density at radius 1 is 1.30 bits per heavy atom. The van der Waals surface area contributed by atoms with Gasteiger partial charge in [0.25, 0.3) is 5.91 Å². The molecular formula is C20H17ClF3N3O3. The van der Waals surface area contributed by atoms with Crippen molar-refractivity contribution < 1.29 is 23.1 Å². The molecule has 4 N–H and O–H groups in total. The van der Waals surface area contributed by atoms with Crippen LogP contribution in [-0.4, -0.2) is 33.8 Å². The number of amides is 1. The molecule has 10 heteroatoms. The van der Waals surface area contributed by atoms with Crippen LogP contribution in [-0.2, 0) is 5.41 Å². The van der Waals surface area contributed by atoms with Gasteiger partial charge in [0.1, 0.15) is 11.1 Å². The van der Waals surface area contributed by atoms with Crippen molar-refractivity contribution in [2.45, 2.75) is 25.4 Å². The predicted octanol–water partition coefficient (Wildman–Crippen LogP) is 3.46. The fourth-order valence-corrected chi connectivity index (χ4v) is 3.63. The minimum Gasteiger partial charge on any atom is -0.395 e. The molecule has 0 aliphatic rings. The SMILES string of the molecule is Cc1cc(C(C)(CO)C(F)(F)F)c(Cl)cc1-c1cc(=O)c2c(C(N)=O)nccc2[nH]1. The smallest absolute Gasteiger partial charge is 0.395 e. The van der Waals surface area contributed by atoms with Crippen LogP contribution in [0.5, 0.6) is 0 Å². The van der Waals surface area contributed by atoms with Crippen molar-refractivity contribution in [3.63, 3.8) is 0 Å². The van der Waals surface area contributed by atoms with Crippen LogP contribution in [0.3, 0.4) is 0 Å². The first kappa shape index (κ1) is 21.8. The summed E-state index contributed by atoms with van der Waals surface area (Å²) in [7, 11) is 0. The maximum Gasteiger partial charge on any atom is 0.400 e. The summed E-state index contributed by atoms with van der Waals surface area (Å²) in [4.78, 5) is 31.0. The number of aryl methyl sites for hydroxylation is 1. The average molecular weight is 440 g/mol. The fraction of sp³-hybridized carbons (Fsp3) is 0.250. The van der Waals surface area contributed by atoms with Gasteiger partial charge in [-0.05, 0) is 37.1 Å². The molecule has 0 aliphatic heterocycles. The molecule has 1 unspecified atom stereocenters. The third-order valence-electron chi connectivity index (χ3n) is 5.12. The second-order valence-corrected chi connectivity index (χ2v) is 7.54. The Balaban J connectivity index is 2.23. The molecule has 6 nitrogen and oxygen atoms in total. The summed E-state index contributed by atoms with van der Waals surface area (Å²) in [6.45, 7) is 1.25. The van der Waals surface area contributed by atoms with Gasteiger partial charge in [-0.15, -0.1) is 0 Å². The van der Waals surface area contributed by atoms with Gasteiger partial charge in [-0.1, -0.05) is 17.7 Å². The molecule has 0 fully saturated rings. The van der Waals surface area contributed by atoms with Gasteiger partial charge in [-0.25, -0.2) is 0 Å². The molecule has 0 aliphatic carbocycles. The minimum atomic E-state index is -4.73. The number of nitrogens with zero attached hydrogens (tertiary/aromatic N) is 1. The number of aromatic amines is 1. The number of H-pyrrole nitrogens is 1. The van der Waals surface area contributed by atoms with Crippen molar-refractivity contribution in [1.82, 2.24) is 9.97 Å². The van der Waals surface area contributed by atoms with Gasteiger partial charge in [-0.3, -0.25) is 14.6 Å². The van der Waals surface area contributed by atoms with E-state index in [0.717, 1.165) is 6.92 Å². The number of nitrogens with one attached hydrogen (secondary N) is 1. The van der Waals surface area contributed by atoms with Gasteiger partial charge in [0.2, 0.25) is 0 Å². The van der Waals surface area contributed by atoms with Crippen molar-refractivity contribution in [2.24, 2.45) is 5.73 Å². The van der Waals surface area contributed by atoms with Gasteiger partial charge in [0.15, 0.2) is 5.43 Å². The van der Waals surface area contributed by atoms with Crippen molar-refractivity contribution in [1.29, 1.82) is 0 Å². The van der Waals surface area contributed by atoms with E-state index in [-0.39, 0.29) is 32.9 Å². The van der Waals surface area contributed by atoms with E-state index in [1.807, 2.05) is 0 Å². The number of aromatic nitrogens is 2. The molecule has 2 aromatic heterocycles. The topological polar surface area (TPSA) is 109 Å².